The minimum absolute atomic E-state index is 0.0250. The van der Waals surface area contributed by atoms with E-state index in [0.29, 0.717) is 11.7 Å². The van der Waals surface area contributed by atoms with Gasteiger partial charge in [-0.15, -0.1) is 0 Å². The first-order valence-electron chi connectivity index (χ1n) is 11.9. The van der Waals surface area contributed by atoms with Crippen molar-refractivity contribution in [1.82, 2.24) is 4.90 Å². The van der Waals surface area contributed by atoms with Gasteiger partial charge in [0.2, 0.25) is 0 Å². The van der Waals surface area contributed by atoms with Crippen LogP contribution in [-0.4, -0.2) is 42.3 Å². The molecule has 4 aliphatic rings. The highest BCUT2D eigenvalue weighted by Gasteiger charge is 2.52. The van der Waals surface area contributed by atoms with Crippen molar-refractivity contribution in [3.8, 4) is 11.5 Å². The van der Waals surface area contributed by atoms with Gasteiger partial charge in [0, 0.05) is 25.0 Å². The molecule has 1 aromatic rings. The topological polar surface area (TPSA) is 59.0 Å². The van der Waals surface area contributed by atoms with Gasteiger partial charge in [0.1, 0.15) is 6.10 Å². The molecule has 0 aromatic heterocycles. The largest absolute Gasteiger partial charge is 0.504 e. The highest BCUT2D eigenvalue weighted by molar-refractivity contribution is 5.76. The number of aromatic hydroxyl groups is 1. The van der Waals surface area contributed by atoms with Crippen LogP contribution in [0.2, 0.25) is 0 Å². The van der Waals surface area contributed by atoms with Crippen LogP contribution >= 0.6 is 0 Å². The van der Waals surface area contributed by atoms with Gasteiger partial charge in [-0.2, -0.15) is 0 Å². The zero-order valence-corrected chi connectivity index (χ0v) is 19.2. The third kappa shape index (κ3) is 3.36. The molecule has 5 heteroatoms. The van der Waals surface area contributed by atoms with Crippen molar-refractivity contribution in [1.29, 1.82) is 0 Å². The Labute approximate surface area is 185 Å². The van der Waals surface area contributed by atoms with E-state index in [1.807, 2.05) is 12.1 Å². The van der Waals surface area contributed by atoms with E-state index in [-0.39, 0.29) is 41.1 Å². The second-order valence-corrected chi connectivity index (χ2v) is 10.5. The molecule has 0 spiro atoms. The van der Waals surface area contributed by atoms with Gasteiger partial charge in [-0.05, 0) is 67.2 Å². The molecule has 5 nitrogen and oxygen atoms in total. The predicted octanol–water partition coefficient (Wildman–Crippen LogP) is 4.63. The quantitative estimate of drug-likeness (QED) is 0.565. The van der Waals surface area contributed by atoms with E-state index in [9.17, 15) is 9.90 Å². The zero-order chi connectivity index (χ0) is 21.9. The second-order valence-electron chi connectivity index (χ2n) is 10.5. The standard InChI is InChI=1S/C26H35NO4/c1-15-6-5-8-26(3)13-24-19(11-21(15)26)20(25(29)31-24)14-27-9-7-17-10-22(28)23(30-4)12-18(17)16(27)2/h10-12,15-16,19-20,24,28H,5-9,13-14H2,1-4H3/t15-,16-,19+,20+,24+,26+/m0/s1. The minimum atomic E-state index is -0.0980. The summed E-state index contributed by atoms with van der Waals surface area (Å²) in [7, 11) is 1.58. The Morgan fingerprint density at radius 1 is 1.32 bits per heavy atom. The van der Waals surface area contributed by atoms with Crippen molar-refractivity contribution in [3.63, 3.8) is 0 Å². The summed E-state index contributed by atoms with van der Waals surface area (Å²) in [6.45, 7) is 8.51. The van der Waals surface area contributed by atoms with Crippen LogP contribution in [0.3, 0.4) is 0 Å². The smallest absolute Gasteiger partial charge is 0.311 e. The maximum atomic E-state index is 13.0. The van der Waals surface area contributed by atoms with Crippen LogP contribution in [0, 0.1) is 23.2 Å². The lowest BCUT2D eigenvalue weighted by atomic mass is 9.59. The number of nitrogens with zero attached hydrogens (tertiary/aromatic N) is 1. The van der Waals surface area contributed by atoms with E-state index in [2.05, 4.69) is 31.7 Å². The summed E-state index contributed by atoms with van der Waals surface area (Å²) >= 11 is 0. The van der Waals surface area contributed by atoms with Crippen LogP contribution in [0.1, 0.15) is 63.6 Å². The predicted molar refractivity (Wildman–Crippen MR) is 119 cm³/mol. The number of ether oxygens (including phenoxy) is 2. The fraction of sp³-hybridized carbons (Fsp3) is 0.654. The molecule has 1 N–H and O–H groups in total. The van der Waals surface area contributed by atoms with Crippen LogP contribution in [0.15, 0.2) is 23.8 Å². The summed E-state index contributed by atoms with van der Waals surface area (Å²) < 4.78 is 11.3. The van der Waals surface area contributed by atoms with Crippen molar-refractivity contribution >= 4 is 5.97 Å². The summed E-state index contributed by atoms with van der Waals surface area (Å²) in [6.07, 6.45) is 8.05. The van der Waals surface area contributed by atoms with Gasteiger partial charge < -0.3 is 14.6 Å². The van der Waals surface area contributed by atoms with E-state index in [1.54, 1.807) is 12.7 Å². The van der Waals surface area contributed by atoms with Crippen molar-refractivity contribution < 1.29 is 19.4 Å². The van der Waals surface area contributed by atoms with E-state index in [4.69, 9.17) is 9.47 Å². The number of phenols is 1. The lowest BCUT2D eigenvalue weighted by molar-refractivity contribution is -0.145. The summed E-state index contributed by atoms with van der Waals surface area (Å²) in [6, 6.07) is 3.95. The number of allylic oxidation sites excluding steroid dienone is 1. The molecule has 2 fully saturated rings. The Hall–Kier alpha value is -2.01. The molecule has 2 heterocycles. The Morgan fingerprint density at radius 2 is 2.13 bits per heavy atom. The molecule has 1 aromatic carbocycles. The molecule has 1 saturated carbocycles. The van der Waals surface area contributed by atoms with Gasteiger partial charge in [0.25, 0.3) is 0 Å². The highest BCUT2D eigenvalue weighted by Crippen LogP contribution is 2.54. The van der Waals surface area contributed by atoms with Crippen molar-refractivity contribution in [2.24, 2.45) is 23.2 Å². The first-order chi connectivity index (χ1) is 14.8. The van der Waals surface area contributed by atoms with E-state index in [1.165, 1.54) is 30.4 Å². The Kier molecular flexibility index (Phi) is 5.08. The summed E-state index contributed by atoms with van der Waals surface area (Å²) in [5.41, 5.74) is 4.12. The van der Waals surface area contributed by atoms with Crippen molar-refractivity contribution in [2.45, 2.75) is 65.0 Å². The first kappa shape index (κ1) is 20.9. The molecule has 6 atom stereocenters. The fourth-order valence-electron chi connectivity index (χ4n) is 6.81. The number of fused-ring (bicyclic) bond motifs is 3. The lowest BCUT2D eigenvalue weighted by Gasteiger charge is -2.46. The Bertz CT molecular complexity index is 924. The first-order valence-corrected chi connectivity index (χ1v) is 11.9. The van der Waals surface area contributed by atoms with E-state index < -0.39 is 0 Å². The zero-order valence-electron chi connectivity index (χ0n) is 19.2. The highest BCUT2D eigenvalue weighted by atomic mass is 16.6. The monoisotopic (exact) mass is 425 g/mol. The van der Waals surface area contributed by atoms with Crippen LogP contribution in [0.5, 0.6) is 11.5 Å². The number of hydrogen-bond donors (Lipinski definition) is 1. The summed E-state index contributed by atoms with van der Waals surface area (Å²) in [4.78, 5) is 15.4. The van der Waals surface area contributed by atoms with Gasteiger partial charge in [-0.1, -0.05) is 31.9 Å². The number of carbonyl (C=O) groups is 1. The summed E-state index contributed by atoms with van der Waals surface area (Å²) in [5, 5.41) is 10.1. The maximum Gasteiger partial charge on any atom is 0.311 e. The minimum Gasteiger partial charge on any atom is -0.504 e. The molecule has 5 rings (SSSR count). The molecule has 168 valence electrons. The van der Waals surface area contributed by atoms with Gasteiger partial charge in [-0.3, -0.25) is 9.69 Å². The molecule has 1 saturated heterocycles. The lowest BCUT2D eigenvalue weighted by Crippen LogP contribution is -2.42. The normalized spacial score (nSPS) is 37.4. The van der Waals surface area contributed by atoms with E-state index >= 15 is 0 Å². The van der Waals surface area contributed by atoms with Crippen LogP contribution < -0.4 is 4.74 Å². The number of methoxy groups -OCH3 is 1. The number of rotatable bonds is 3. The second kappa shape index (κ2) is 7.54. The number of phenolic OH excluding ortho intramolecular Hbond substituents is 1. The molecule has 0 bridgehead atoms. The molecule has 2 aliphatic heterocycles. The number of hydrogen-bond acceptors (Lipinski definition) is 5. The Morgan fingerprint density at radius 3 is 2.90 bits per heavy atom. The van der Waals surface area contributed by atoms with Gasteiger partial charge >= 0.3 is 5.97 Å². The SMILES string of the molecule is COc1cc2c(cc1O)CCN(C[C@H]1C(=O)O[C@@H]3C[C@@]4(C)CCC[C@H](C)C4=C[C@@H]31)[C@H]2C. The average Bonchev–Trinajstić information content (AvgIpc) is 3.02. The third-order valence-corrected chi connectivity index (χ3v) is 8.62. The Balaban J connectivity index is 1.40. The molecular weight excluding hydrogens is 390 g/mol. The number of esters is 1. The molecular formula is C26H35NO4. The molecule has 0 amide bonds. The van der Waals surface area contributed by atoms with Crippen LogP contribution in [0.4, 0.5) is 0 Å². The van der Waals surface area contributed by atoms with E-state index in [0.717, 1.165) is 25.9 Å². The number of benzene rings is 1. The van der Waals surface area contributed by atoms with Gasteiger partial charge in [-0.25, -0.2) is 0 Å². The van der Waals surface area contributed by atoms with Crippen LogP contribution in [0.25, 0.3) is 0 Å². The van der Waals surface area contributed by atoms with Crippen LogP contribution in [-0.2, 0) is 16.0 Å². The molecule has 2 aliphatic carbocycles. The van der Waals surface area contributed by atoms with Crippen molar-refractivity contribution in [3.05, 3.63) is 34.9 Å². The molecule has 0 unspecified atom stereocenters. The van der Waals surface area contributed by atoms with Gasteiger partial charge in [0.05, 0.1) is 13.0 Å². The fourth-order valence-corrected chi connectivity index (χ4v) is 6.81. The summed E-state index contributed by atoms with van der Waals surface area (Å²) in [5.74, 6) is 1.39. The maximum absolute atomic E-state index is 13.0. The molecule has 31 heavy (non-hydrogen) atoms. The molecule has 0 radical (unpaired) electrons. The van der Waals surface area contributed by atoms with Gasteiger partial charge in [0.15, 0.2) is 11.5 Å². The number of carbonyl (C=O) groups excluding carboxylic acids is 1. The third-order valence-electron chi connectivity index (χ3n) is 8.62. The average molecular weight is 426 g/mol. The van der Waals surface area contributed by atoms with Crippen molar-refractivity contribution in [2.75, 3.05) is 20.2 Å².